The van der Waals surface area contributed by atoms with Crippen LogP contribution in [0.15, 0.2) is 23.2 Å². The van der Waals surface area contributed by atoms with Gasteiger partial charge in [-0.1, -0.05) is 37.8 Å². The number of aryl methyl sites for hydroxylation is 1. The largest absolute Gasteiger partial charge is 0.493 e. The first-order valence-corrected chi connectivity index (χ1v) is 9.46. The minimum absolute atomic E-state index is 0. The molecule has 26 heavy (non-hydrogen) atoms. The number of hydrogen-bond donors (Lipinski definition) is 2. The highest BCUT2D eigenvalue weighted by atomic mass is 127. The van der Waals surface area contributed by atoms with Gasteiger partial charge in [0.25, 0.3) is 0 Å². The van der Waals surface area contributed by atoms with Gasteiger partial charge in [-0.25, -0.2) is 4.99 Å². The lowest BCUT2D eigenvalue weighted by Gasteiger charge is -2.17. The van der Waals surface area contributed by atoms with Gasteiger partial charge in [0.15, 0.2) is 5.96 Å². The van der Waals surface area contributed by atoms with Crippen LogP contribution < -0.4 is 15.8 Å². The topological polar surface area (TPSA) is 68.9 Å². The summed E-state index contributed by atoms with van der Waals surface area (Å²) in [4.78, 5) is 4.53. The highest BCUT2D eigenvalue weighted by Gasteiger charge is 2.12. The molecule has 0 heterocycles. The normalized spacial score (nSPS) is 15.8. The van der Waals surface area contributed by atoms with Crippen LogP contribution in [0.1, 0.15) is 56.1 Å². The fraction of sp³-hybridized carbons (Fsp3) is 0.650. The number of nitrogens with one attached hydrogen (secondary N) is 1. The number of ether oxygens (including phenoxy) is 2. The summed E-state index contributed by atoms with van der Waals surface area (Å²) in [7, 11) is 1.71. The van der Waals surface area contributed by atoms with E-state index in [2.05, 4.69) is 35.4 Å². The van der Waals surface area contributed by atoms with Crippen LogP contribution in [0.4, 0.5) is 0 Å². The average molecular weight is 475 g/mol. The number of nitrogens with two attached hydrogens (primary N) is 1. The standard InChI is InChI=1S/C20H33N3O2.HI/c1-16-10-11-17(19(14-16)25-13-7-12-24-2)15-22-20(21)23-18-8-5-3-4-6-9-18;/h10-11,14,18H,3-9,12-13,15H2,1-2H3,(H3,21,22,23);1H. The van der Waals surface area contributed by atoms with Gasteiger partial charge >= 0.3 is 0 Å². The van der Waals surface area contributed by atoms with Gasteiger partial charge in [-0.3, -0.25) is 0 Å². The Morgan fingerprint density at radius 1 is 1.19 bits per heavy atom. The van der Waals surface area contributed by atoms with Crippen molar-refractivity contribution >= 4 is 29.9 Å². The van der Waals surface area contributed by atoms with E-state index in [1.807, 2.05) is 0 Å². The molecule has 1 saturated carbocycles. The van der Waals surface area contributed by atoms with E-state index in [-0.39, 0.29) is 24.0 Å². The van der Waals surface area contributed by atoms with Crippen LogP contribution in [-0.2, 0) is 11.3 Å². The van der Waals surface area contributed by atoms with Crippen LogP contribution in [0, 0.1) is 6.92 Å². The lowest BCUT2D eigenvalue weighted by atomic mass is 10.1. The molecule has 6 heteroatoms. The summed E-state index contributed by atoms with van der Waals surface area (Å²) >= 11 is 0. The Kier molecular flexibility index (Phi) is 11.7. The molecule has 148 valence electrons. The Labute approximate surface area is 175 Å². The molecule has 3 N–H and O–H groups in total. The smallest absolute Gasteiger partial charge is 0.189 e. The second-order valence-corrected chi connectivity index (χ2v) is 6.84. The zero-order valence-corrected chi connectivity index (χ0v) is 18.5. The third kappa shape index (κ3) is 8.58. The number of benzene rings is 1. The van der Waals surface area contributed by atoms with Gasteiger partial charge in [-0.05, 0) is 31.4 Å². The zero-order valence-electron chi connectivity index (χ0n) is 16.1. The van der Waals surface area contributed by atoms with Crippen LogP contribution in [0.3, 0.4) is 0 Å². The first-order valence-electron chi connectivity index (χ1n) is 9.46. The summed E-state index contributed by atoms with van der Waals surface area (Å²) in [6.07, 6.45) is 8.48. The van der Waals surface area contributed by atoms with Crippen molar-refractivity contribution in [1.29, 1.82) is 0 Å². The molecule has 0 atom stereocenters. The van der Waals surface area contributed by atoms with Crippen molar-refractivity contribution in [3.05, 3.63) is 29.3 Å². The number of guanidine groups is 1. The van der Waals surface area contributed by atoms with E-state index in [9.17, 15) is 0 Å². The number of aliphatic imine (C=N–C) groups is 1. The molecule has 0 unspecified atom stereocenters. The van der Waals surface area contributed by atoms with Gasteiger partial charge in [0.1, 0.15) is 5.75 Å². The summed E-state index contributed by atoms with van der Waals surface area (Å²) in [6, 6.07) is 6.69. The minimum atomic E-state index is 0. The van der Waals surface area contributed by atoms with E-state index >= 15 is 0 Å². The van der Waals surface area contributed by atoms with Crippen molar-refractivity contribution in [1.82, 2.24) is 5.32 Å². The van der Waals surface area contributed by atoms with Crippen LogP contribution in [-0.4, -0.2) is 32.3 Å². The van der Waals surface area contributed by atoms with Gasteiger partial charge in [0, 0.05) is 31.7 Å². The summed E-state index contributed by atoms with van der Waals surface area (Å²) in [6.45, 7) is 3.95. The highest BCUT2D eigenvalue weighted by Crippen LogP contribution is 2.22. The van der Waals surface area contributed by atoms with Gasteiger partial charge in [-0.15, -0.1) is 24.0 Å². The first kappa shape index (κ1) is 23.0. The van der Waals surface area contributed by atoms with Gasteiger partial charge in [0.2, 0.25) is 0 Å². The molecule has 1 aliphatic carbocycles. The molecule has 0 radical (unpaired) electrons. The summed E-state index contributed by atoms with van der Waals surface area (Å²) < 4.78 is 11.0. The Morgan fingerprint density at radius 2 is 1.92 bits per heavy atom. The predicted octanol–water partition coefficient (Wildman–Crippen LogP) is 4.16. The van der Waals surface area contributed by atoms with Crippen LogP contribution in [0.2, 0.25) is 0 Å². The van der Waals surface area contributed by atoms with Gasteiger partial charge in [0.05, 0.1) is 13.2 Å². The van der Waals surface area contributed by atoms with Crippen molar-refractivity contribution in [2.75, 3.05) is 20.3 Å². The molecule has 5 nitrogen and oxygen atoms in total. The Balaban J connectivity index is 0.00000338. The molecule has 1 aliphatic rings. The van der Waals surface area contributed by atoms with Crippen molar-refractivity contribution in [3.63, 3.8) is 0 Å². The second kappa shape index (κ2) is 13.2. The number of rotatable bonds is 8. The molecule has 2 rings (SSSR count). The minimum Gasteiger partial charge on any atom is -0.493 e. The molecule has 1 aromatic rings. The monoisotopic (exact) mass is 475 g/mol. The van der Waals surface area contributed by atoms with Crippen molar-refractivity contribution in [2.45, 2.75) is 64.5 Å². The average Bonchev–Trinajstić information content (AvgIpc) is 2.86. The second-order valence-electron chi connectivity index (χ2n) is 6.84. The molecule has 0 bridgehead atoms. The van der Waals surface area contributed by atoms with Crippen molar-refractivity contribution in [3.8, 4) is 5.75 Å². The van der Waals surface area contributed by atoms with E-state index in [0.29, 0.717) is 31.8 Å². The Hall–Kier alpha value is -1.02. The maximum absolute atomic E-state index is 6.10. The number of halogens is 1. The van der Waals surface area contributed by atoms with E-state index in [1.54, 1.807) is 7.11 Å². The quantitative estimate of drug-likeness (QED) is 0.195. The third-order valence-electron chi connectivity index (χ3n) is 4.60. The molecule has 0 saturated heterocycles. The van der Waals surface area contributed by atoms with E-state index < -0.39 is 0 Å². The van der Waals surface area contributed by atoms with E-state index in [1.165, 1.54) is 44.1 Å². The fourth-order valence-corrected chi connectivity index (χ4v) is 3.16. The molecular formula is C20H34IN3O2. The highest BCUT2D eigenvalue weighted by molar-refractivity contribution is 14.0. The van der Waals surface area contributed by atoms with Gasteiger partial charge < -0.3 is 20.5 Å². The summed E-state index contributed by atoms with van der Waals surface area (Å²) in [5.74, 6) is 1.43. The predicted molar refractivity (Wildman–Crippen MR) is 119 cm³/mol. The molecule has 1 aromatic carbocycles. The molecule has 0 aliphatic heterocycles. The van der Waals surface area contributed by atoms with Crippen molar-refractivity contribution in [2.24, 2.45) is 10.7 Å². The number of hydrogen-bond acceptors (Lipinski definition) is 3. The Morgan fingerprint density at radius 3 is 2.62 bits per heavy atom. The van der Waals surface area contributed by atoms with Crippen molar-refractivity contribution < 1.29 is 9.47 Å². The van der Waals surface area contributed by atoms with E-state index in [4.69, 9.17) is 15.2 Å². The lowest BCUT2D eigenvalue weighted by molar-refractivity contribution is 0.172. The molecular weight excluding hydrogens is 441 g/mol. The summed E-state index contributed by atoms with van der Waals surface area (Å²) in [5.41, 5.74) is 8.35. The molecule has 0 aromatic heterocycles. The zero-order chi connectivity index (χ0) is 17.9. The van der Waals surface area contributed by atoms with E-state index in [0.717, 1.165) is 17.7 Å². The molecule has 0 spiro atoms. The number of methoxy groups -OCH3 is 1. The fourth-order valence-electron chi connectivity index (χ4n) is 3.16. The Bertz CT molecular complexity index is 544. The molecule has 0 amide bonds. The first-order chi connectivity index (χ1) is 12.2. The van der Waals surface area contributed by atoms with Gasteiger partial charge in [-0.2, -0.15) is 0 Å². The number of nitrogens with zero attached hydrogens (tertiary/aromatic N) is 1. The summed E-state index contributed by atoms with van der Waals surface area (Å²) in [5, 5.41) is 3.39. The SMILES string of the molecule is COCCCOc1cc(C)ccc1CN=C(N)NC1CCCCCC1.I. The van der Waals surface area contributed by atoms with Crippen LogP contribution in [0.5, 0.6) is 5.75 Å². The van der Waals surface area contributed by atoms with Crippen LogP contribution in [0.25, 0.3) is 0 Å². The third-order valence-corrected chi connectivity index (χ3v) is 4.60. The lowest BCUT2D eigenvalue weighted by Crippen LogP contribution is -2.39. The molecule has 1 fully saturated rings. The maximum atomic E-state index is 6.10. The van der Waals surface area contributed by atoms with Crippen LogP contribution >= 0.6 is 24.0 Å². The maximum Gasteiger partial charge on any atom is 0.189 e.